The molecule has 108 valence electrons. The van der Waals surface area contributed by atoms with Gasteiger partial charge in [0.15, 0.2) is 0 Å². The third kappa shape index (κ3) is 2.51. The smallest absolute Gasteiger partial charge is 0.203 e. The second-order valence-corrected chi connectivity index (χ2v) is 5.76. The Morgan fingerprint density at radius 2 is 2.00 bits per heavy atom. The molecule has 0 radical (unpaired) electrons. The quantitative estimate of drug-likeness (QED) is 0.912. The van der Waals surface area contributed by atoms with Gasteiger partial charge in [-0.15, -0.1) is 0 Å². The van der Waals surface area contributed by atoms with Crippen molar-refractivity contribution in [3.8, 4) is 0 Å². The molecule has 1 fully saturated rings. The molecule has 20 heavy (non-hydrogen) atoms. The molecular formula is C15H23N5. The van der Waals surface area contributed by atoms with Crippen molar-refractivity contribution in [3.05, 3.63) is 24.3 Å². The standard InChI is InChI=1S/C15H23N5/c1-18-8-9-19(2)12(11-18)10-16-15-17-13-6-4-5-7-14(13)20(15)3/h4-7,12H,8-11H2,1-3H3,(H,16,17). The molecule has 5 nitrogen and oxygen atoms in total. The first-order chi connectivity index (χ1) is 9.65. The third-order valence-corrected chi connectivity index (χ3v) is 4.26. The van der Waals surface area contributed by atoms with Gasteiger partial charge in [0.25, 0.3) is 0 Å². The van der Waals surface area contributed by atoms with Crippen molar-refractivity contribution in [2.45, 2.75) is 6.04 Å². The molecule has 0 aliphatic carbocycles. The number of piperazine rings is 1. The molecule has 0 amide bonds. The molecule has 1 unspecified atom stereocenters. The van der Waals surface area contributed by atoms with Crippen molar-refractivity contribution >= 4 is 17.0 Å². The molecule has 1 atom stereocenters. The molecule has 1 N–H and O–H groups in total. The number of benzene rings is 1. The van der Waals surface area contributed by atoms with Gasteiger partial charge in [0, 0.05) is 39.3 Å². The maximum absolute atomic E-state index is 4.66. The highest BCUT2D eigenvalue weighted by Gasteiger charge is 2.22. The molecule has 1 aromatic heterocycles. The fourth-order valence-electron chi connectivity index (χ4n) is 2.83. The van der Waals surface area contributed by atoms with Gasteiger partial charge in [0.1, 0.15) is 0 Å². The number of imidazole rings is 1. The van der Waals surface area contributed by atoms with Crippen LogP contribution in [-0.2, 0) is 7.05 Å². The molecule has 0 saturated carbocycles. The second-order valence-electron chi connectivity index (χ2n) is 5.76. The monoisotopic (exact) mass is 273 g/mol. The topological polar surface area (TPSA) is 36.3 Å². The molecule has 1 aliphatic heterocycles. The zero-order valence-corrected chi connectivity index (χ0v) is 12.5. The second kappa shape index (κ2) is 5.42. The zero-order chi connectivity index (χ0) is 14.1. The summed E-state index contributed by atoms with van der Waals surface area (Å²) in [5, 5.41) is 3.51. The lowest BCUT2D eigenvalue weighted by Crippen LogP contribution is -2.52. The molecular weight excluding hydrogens is 250 g/mol. The minimum Gasteiger partial charge on any atom is -0.354 e. The molecule has 3 rings (SSSR count). The zero-order valence-electron chi connectivity index (χ0n) is 12.5. The number of fused-ring (bicyclic) bond motifs is 1. The van der Waals surface area contributed by atoms with Crippen LogP contribution in [0.25, 0.3) is 11.0 Å². The summed E-state index contributed by atoms with van der Waals surface area (Å²) in [6, 6.07) is 8.78. The average Bonchev–Trinajstić information content (AvgIpc) is 2.77. The number of likely N-dealkylation sites (N-methyl/N-ethyl adjacent to an activating group) is 2. The number of anilines is 1. The summed E-state index contributed by atoms with van der Waals surface area (Å²) in [6.07, 6.45) is 0. The number of rotatable bonds is 3. The van der Waals surface area contributed by atoms with Gasteiger partial charge in [0.05, 0.1) is 11.0 Å². The number of hydrogen-bond acceptors (Lipinski definition) is 4. The van der Waals surface area contributed by atoms with E-state index in [1.807, 2.05) is 6.07 Å². The maximum atomic E-state index is 4.66. The minimum absolute atomic E-state index is 0.536. The molecule has 0 spiro atoms. The Balaban J connectivity index is 1.72. The van der Waals surface area contributed by atoms with E-state index >= 15 is 0 Å². The fraction of sp³-hybridized carbons (Fsp3) is 0.533. The van der Waals surface area contributed by atoms with Crippen LogP contribution in [0.4, 0.5) is 5.95 Å². The van der Waals surface area contributed by atoms with E-state index < -0.39 is 0 Å². The Labute approximate surface area is 120 Å². The highest BCUT2D eigenvalue weighted by atomic mass is 15.3. The van der Waals surface area contributed by atoms with E-state index in [4.69, 9.17) is 0 Å². The predicted octanol–water partition coefficient (Wildman–Crippen LogP) is 1.23. The van der Waals surface area contributed by atoms with E-state index in [0.29, 0.717) is 6.04 Å². The number of nitrogens with zero attached hydrogens (tertiary/aromatic N) is 4. The fourth-order valence-corrected chi connectivity index (χ4v) is 2.83. The first-order valence-electron chi connectivity index (χ1n) is 7.19. The Morgan fingerprint density at radius 3 is 2.80 bits per heavy atom. The van der Waals surface area contributed by atoms with Crippen LogP contribution in [-0.4, -0.2) is 65.7 Å². The van der Waals surface area contributed by atoms with Crippen LogP contribution in [0.5, 0.6) is 0 Å². The van der Waals surface area contributed by atoms with Crippen LogP contribution >= 0.6 is 0 Å². The van der Waals surface area contributed by atoms with Gasteiger partial charge < -0.3 is 14.8 Å². The number of aromatic nitrogens is 2. The lowest BCUT2D eigenvalue weighted by atomic mass is 10.2. The highest BCUT2D eigenvalue weighted by Crippen LogP contribution is 2.18. The number of aryl methyl sites for hydroxylation is 1. The third-order valence-electron chi connectivity index (χ3n) is 4.26. The van der Waals surface area contributed by atoms with Crippen molar-refractivity contribution in [2.24, 2.45) is 7.05 Å². The summed E-state index contributed by atoms with van der Waals surface area (Å²) in [4.78, 5) is 9.48. The molecule has 1 saturated heterocycles. The SMILES string of the molecule is CN1CCN(C)C(CNc2nc3ccccc3n2C)C1. The summed E-state index contributed by atoms with van der Waals surface area (Å²) in [6.45, 7) is 4.32. The normalized spacial score (nSPS) is 21.4. The van der Waals surface area contributed by atoms with Crippen LogP contribution < -0.4 is 5.32 Å². The lowest BCUT2D eigenvalue weighted by Gasteiger charge is -2.37. The van der Waals surface area contributed by atoms with Crippen LogP contribution in [0.1, 0.15) is 0 Å². The van der Waals surface area contributed by atoms with Crippen molar-refractivity contribution in [2.75, 3.05) is 45.6 Å². The Kier molecular flexibility index (Phi) is 3.63. The van der Waals surface area contributed by atoms with Gasteiger partial charge in [-0.25, -0.2) is 4.98 Å². The van der Waals surface area contributed by atoms with E-state index in [-0.39, 0.29) is 0 Å². The lowest BCUT2D eigenvalue weighted by molar-refractivity contribution is 0.121. The van der Waals surface area contributed by atoms with Crippen LogP contribution in [0.15, 0.2) is 24.3 Å². The van der Waals surface area contributed by atoms with Crippen molar-refractivity contribution in [1.82, 2.24) is 19.4 Å². The van der Waals surface area contributed by atoms with Crippen molar-refractivity contribution in [1.29, 1.82) is 0 Å². The summed E-state index contributed by atoms with van der Waals surface area (Å²) in [7, 11) is 6.46. The Bertz CT molecular complexity index is 591. The number of hydrogen-bond donors (Lipinski definition) is 1. The Morgan fingerprint density at radius 1 is 1.20 bits per heavy atom. The molecule has 1 aliphatic rings. The first kappa shape index (κ1) is 13.4. The van der Waals surface area contributed by atoms with Gasteiger partial charge in [-0.05, 0) is 26.2 Å². The van der Waals surface area contributed by atoms with Gasteiger partial charge in [-0.1, -0.05) is 12.1 Å². The van der Waals surface area contributed by atoms with Crippen LogP contribution in [0, 0.1) is 0 Å². The summed E-state index contributed by atoms with van der Waals surface area (Å²) in [5.41, 5.74) is 2.22. The molecule has 5 heteroatoms. The predicted molar refractivity (Wildman–Crippen MR) is 83.1 cm³/mol. The van der Waals surface area contributed by atoms with E-state index in [0.717, 1.165) is 37.6 Å². The van der Waals surface area contributed by atoms with E-state index in [9.17, 15) is 0 Å². The summed E-state index contributed by atoms with van der Waals surface area (Å²) >= 11 is 0. The minimum atomic E-state index is 0.536. The first-order valence-corrected chi connectivity index (χ1v) is 7.19. The summed E-state index contributed by atoms with van der Waals surface area (Å²) in [5.74, 6) is 0.952. The van der Waals surface area contributed by atoms with E-state index in [2.05, 4.69) is 64.0 Å². The highest BCUT2D eigenvalue weighted by molar-refractivity contribution is 5.78. The Hall–Kier alpha value is -1.59. The average molecular weight is 273 g/mol. The maximum Gasteiger partial charge on any atom is 0.203 e. The van der Waals surface area contributed by atoms with Crippen molar-refractivity contribution in [3.63, 3.8) is 0 Å². The number of nitrogens with one attached hydrogen (secondary N) is 1. The van der Waals surface area contributed by atoms with Gasteiger partial charge >= 0.3 is 0 Å². The van der Waals surface area contributed by atoms with Crippen LogP contribution in [0.2, 0.25) is 0 Å². The number of para-hydroxylation sites is 2. The van der Waals surface area contributed by atoms with E-state index in [1.165, 1.54) is 5.52 Å². The van der Waals surface area contributed by atoms with Gasteiger partial charge in [0.2, 0.25) is 5.95 Å². The van der Waals surface area contributed by atoms with Crippen LogP contribution in [0.3, 0.4) is 0 Å². The van der Waals surface area contributed by atoms with Gasteiger partial charge in [-0.2, -0.15) is 0 Å². The van der Waals surface area contributed by atoms with E-state index in [1.54, 1.807) is 0 Å². The largest absolute Gasteiger partial charge is 0.354 e. The van der Waals surface area contributed by atoms with Crippen molar-refractivity contribution < 1.29 is 0 Å². The van der Waals surface area contributed by atoms with Gasteiger partial charge in [-0.3, -0.25) is 4.90 Å². The molecule has 2 heterocycles. The molecule has 0 bridgehead atoms. The summed E-state index contributed by atoms with van der Waals surface area (Å²) < 4.78 is 2.13. The molecule has 2 aromatic rings. The molecule has 1 aromatic carbocycles.